The lowest BCUT2D eigenvalue weighted by Gasteiger charge is -2.37. The Balaban J connectivity index is 1.45. The van der Waals surface area contributed by atoms with Gasteiger partial charge < -0.3 is 26.7 Å². The summed E-state index contributed by atoms with van der Waals surface area (Å²) in [5, 5.41) is 22.3. The summed E-state index contributed by atoms with van der Waals surface area (Å²) >= 11 is 0. The van der Waals surface area contributed by atoms with Crippen LogP contribution in [0.15, 0.2) is 36.4 Å². The van der Waals surface area contributed by atoms with Crippen molar-refractivity contribution in [2.75, 3.05) is 6.54 Å². The molecule has 3 aromatic rings. The Kier molecular flexibility index (Phi) is 7.49. The number of hydrogen-bond donors (Lipinski definition) is 4. The molecule has 0 unspecified atom stereocenters. The minimum Gasteiger partial charge on any atom is -0.366 e. The summed E-state index contributed by atoms with van der Waals surface area (Å²) in [4.78, 5) is 43.0. The van der Waals surface area contributed by atoms with Crippen LogP contribution in [-0.4, -0.2) is 62.5 Å². The SMILES string of the molecule is CC(C)c1nnc(C2(C[C@@H](C)NCC(=O)N3[C@H](C#N)C[C@@H]4C[C@@H]43)c3ccc(C(N)=O)cc3CCc3cc(C(N)=O)ccc32)[nH]1. The van der Waals surface area contributed by atoms with Crippen LogP contribution in [0, 0.1) is 17.2 Å². The molecule has 6 rings (SSSR count). The molecule has 228 valence electrons. The highest BCUT2D eigenvalue weighted by molar-refractivity contribution is 5.94. The van der Waals surface area contributed by atoms with Gasteiger partial charge in [-0.2, -0.15) is 5.26 Å². The van der Waals surface area contributed by atoms with Crippen molar-refractivity contribution in [3.63, 3.8) is 0 Å². The average Bonchev–Trinajstić information content (AvgIpc) is 3.42. The average molecular weight is 595 g/mol. The molecule has 2 aromatic carbocycles. The molecule has 44 heavy (non-hydrogen) atoms. The second kappa shape index (κ2) is 11.2. The Morgan fingerprint density at radius 3 is 2.16 bits per heavy atom. The van der Waals surface area contributed by atoms with Crippen LogP contribution in [-0.2, 0) is 23.1 Å². The van der Waals surface area contributed by atoms with E-state index in [4.69, 9.17) is 16.6 Å². The minimum absolute atomic E-state index is 0.0666. The monoisotopic (exact) mass is 594 g/mol. The van der Waals surface area contributed by atoms with E-state index < -0.39 is 17.2 Å². The number of nitrogens with one attached hydrogen (secondary N) is 2. The number of amides is 3. The lowest BCUT2D eigenvalue weighted by atomic mass is 9.67. The maximum atomic E-state index is 13.3. The summed E-state index contributed by atoms with van der Waals surface area (Å²) in [6.45, 7) is 6.21. The molecule has 1 saturated carbocycles. The molecule has 1 aromatic heterocycles. The minimum atomic E-state index is -0.881. The van der Waals surface area contributed by atoms with Crippen molar-refractivity contribution in [3.05, 3.63) is 81.4 Å². The first-order chi connectivity index (χ1) is 21.0. The van der Waals surface area contributed by atoms with E-state index in [-0.39, 0.29) is 36.5 Å². The first-order valence-electron chi connectivity index (χ1n) is 15.3. The van der Waals surface area contributed by atoms with Gasteiger partial charge in [-0.15, -0.1) is 10.2 Å². The number of carbonyl (C=O) groups excluding carboxylic acids is 3. The van der Waals surface area contributed by atoms with Crippen molar-refractivity contribution in [1.29, 1.82) is 5.26 Å². The van der Waals surface area contributed by atoms with Gasteiger partial charge in [-0.3, -0.25) is 14.4 Å². The Bertz CT molecular complexity index is 1620. The molecule has 2 fully saturated rings. The van der Waals surface area contributed by atoms with E-state index in [9.17, 15) is 19.6 Å². The zero-order valence-corrected chi connectivity index (χ0v) is 25.3. The smallest absolute Gasteiger partial charge is 0.248 e. The van der Waals surface area contributed by atoms with Crippen molar-refractivity contribution in [1.82, 2.24) is 25.4 Å². The molecule has 6 N–H and O–H groups in total. The molecule has 0 radical (unpaired) electrons. The van der Waals surface area contributed by atoms with Crippen LogP contribution >= 0.6 is 0 Å². The zero-order chi connectivity index (χ0) is 31.3. The number of likely N-dealkylation sites (tertiary alicyclic amines) is 1. The molecule has 11 heteroatoms. The van der Waals surface area contributed by atoms with Crippen LogP contribution in [0.1, 0.15) is 101 Å². The van der Waals surface area contributed by atoms with Crippen LogP contribution in [0.4, 0.5) is 0 Å². The molecule has 0 bridgehead atoms. The normalized spacial score (nSPS) is 21.9. The number of aryl methyl sites for hydroxylation is 2. The number of rotatable bonds is 9. The molecular formula is C33H38N8O3. The Labute approximate surface area is 256 Å². The van der Waals surface area contributed by atoms with E-state index in [1.165, 1.54) is 0 Å². The van der Waals surface area contributed by atoms with Gasteiger partial charge in [0.05, 0.1) is 18.0 Å². The van der Waals surface area contributed by atoms with Crippen LogP contribution < -0.4 is 16.8 Å². The van der Waals surface area contributed by atoms with Gasteiger partial charge in [0.2, 0.25) is 17.7 Å². The summed E-state index contributed by atoms with van der Waals surface area (Å²) in [6, 6.07) is 13.0. The first kappa shape index (κ1) is 29.5. The highest BCUT2D eigenvalue weighted by atomic mass is 16.2. The summed E-state index contributed by atoms with van der Waals surface area (Å²) < 4.78 is 0. The molecule has 2 heterocycles. The third kappa shape index (κ3) is 5.03. The van der Waals surface area contributed by atoms with Crippen LogP contribution in [0.5, 0.6) is 0 Å². The molecule has 1 saturated heterocycles. The quantitative estimate of drug-likeness (QED) is 0.293. The van der Waals surface area contributed by atoms with E-state index in [0.717, 1.165) is 40.9 Å². The fourth-order valence-electron chi connectivity index (χ4n) is 7.27. The molecular weight excluding hydrogens is 556 g/mol. The topological polar surface area (TPSA) is 184 Å². The fourth-order valence-corrected chi connectivity index (χ4v) is 7.27. The number of aromatic amines is 1. The summed E-state index contributed by atoms with van der Waals surface area (Å²) in [5.74, 6) is 0.822. The third-order valence-corrected chi connectivity index (χ3v) is 9.57. The predicted octanol–water partition coefficient (Wildman–Crippen LogP) is 2.44. The number of fused-ring (bicyclic) bond motifs is 3. The number of nitrogens with zero attached hydrogens (tertiary/aromatic N) is 4. The van der Waals surface area contributed by atoms with E-state index in [1.54, 1.807) is 17.0 Å². The van der Waals surface area contributed by atoms with Gasteiger partial charge in [-0.25, -0.2) is 0 Å². The standard InChI is InChI=1S/C33H38N8O3/c1-17(2)31-38-32(40-39-31)33(14-18(3)37-16-28(42)41-24(15-34)12-23-13-27(23)41)25-8-6-21(29(35)43)10-19(25)4-5-20-11-22(30(36)44)7-9-26(20)33/h6-11,17-18,23-24,27,37H,4-5,12-14,16H2,1-3H3,(H2,35,43)(H2,36,44)(H,38,39,40)/t18-,23-,24+,27+/m1/s1. The Morgan fingerprint density at radius 2 is 1.64 bits per heavy atom. The highest BCUT2D eigenvalue weighted by Crippen LogP contribution is 2.48. The number of carbonyl (C=O) groups is 3. The zero-order valence-electron chi connectivity index (χ0n) is 25.3. The van der Waals surface area contributed by atoms with Gasteiger partial charge in [0.25, 0.3) is 0 Å². The van der Waals surface area contributed by atoms with Gasteiger partial charge in [-0.05, 0) is 91.5 Å². The van der Waals surface area contributed by atoms with E-state index in [1.807, 2.05) is 45.0 Å². The predicted molar refractivity (Wildman–Crippen MR) is 163 cm³/mol. The molecule has 4 atom stereocenters. The van der Waals surface area contributed by atoms with E-state index in [0.29, 0.717) is 42.1 Å². The van der Waals surface area contributed by atoms with E-state index >= 15 is 0 Å². The van der Waals surface area contributed by atoms with Crippen LogP contribution in [0.25, 0.3) is 0 Å². The Hall–Kier alpha value is -4.56. The number of hydrogen-bond acceptors (Lipinski definition) is 7. The van der Waals surface area contributed by atoms with E-state index in [2.05, 4.69) is 21.5 Å². The van der Waals surface area contributed by atoms with Crippen LogP contribution in [0.2, 0.25) is 0 Å². The molecule has 0 spiro atoms. The largest absolute Gasteiger partial charge is 0.366 e. The maximum absolute atomic E-state index is 13.3. The molecule has 1 aliphatic heterocycles. The van der Waals surface area contributed by atoms with Crippen molar-refractivity contribution >= 4 is 17.7 Å². The molecule has 11 nitrogen and oxygen atoms in total. The Morgan fingerprint density at radius 1 is 1.02 bits per heavy atom. The van der Waals surface area contributed by atoms with Crippen LogP contribution in [0.3, 0.4) is 0 Å². The summed E-state index contributed by atoms with van der Waals surface area (Å²) in [5.41, 5.74) is 15.1. The fraction of sp³-hybridized carbons (Fsp3) is 0.455. The number of primary amides is 2. The maximum Gasteiger partial charge on any atom is 0.248 e. The molecule has 3 aliphatic rings. The highest BCUT2D eigenvalue weighted by Gasteiger charge is 2.54. The van der Waals surface area contributed by atoms with Gasteiger partial charge in [-0.1, -0.05) is 26.0 Å². The van der Waals surface area contributed by atoms with Crippen molar-refractivity contribution in [3.8, 4) is 6.07 Å². The second-order valence-electron chi connectivity index (χ2n) is 12.8. The number of piperidine rings is 1. The van der Waals surface area contributed by atoms with Gasteiger partial charge >= 0.3 is 0 Å². The lowest BCUT2D eigenvalue weighted by Crippen LogP contribution is -2.46. The number of nitriles is 1. The van der Waals surface area contributed by atoms with Crippen molar-refractivity contribution < 1.29 is 14.4 Å². The van der Waals surface area contributed by atoms with Gasteiger partial charge in [0.15, 0.2) is 0 Å². The molecule has 3 amide bonds. The number of H-pyrrole nitrogens is 1. The third-order valence-electron chi connectivity index (χ3n) is 9.57. The van der Waals surface area contributed by atoms with Crippen molar-refractivity contribution in [2.24, 2.45) is 17.4 Å². The number of benzene rings is 2. The summed E-state index contributed by atoms with van der Waals surface area (Å²) in [7, 11) is 0. The second-order valence-corrected chi connectivity index (χ2v) is 12.8. The number of aromatic nitrogens is 3. The summed E-state index contributed by atoms with van der Waals surface area (Å²) in [6.07, 6.45) is 3.41. The van der Waals surface area contributed by atoms with Gasteiger partial charge in [0.1, 0.15) is 17.7 Å². The first-order valence-corrected chi connectivity index (χ1v) is 15.3. The lowest BCUT2D eigenvalue weighted by molar-refractivity contribution is -0.131. The molecule has 2 aliphatic carbocycles. The number of nitrogens with two attached hydrogens (primary N) is 2. The van der Waals surface area contributed by atoms with Crippen molar-refractivity contribution in [2.45, 2.75) is 82.3 Å². The van der Waals surface area contributed by atoms with Gasteiger partial charge in [0, 0.05) is 29.1 Å².